The molecule has 1 amide bonds. The van der Waals surface area contributed by atoms with Gasteiger partial charge in [-0.2, -0.15) is 0 Å². The molecule has 0 aliphatic carbocycles. The molecule has 3 rings (SSSR count). The SMILES string of the molecule is Cc1ccccc1N(CCC(=O)NCc1ccc2c(c1)OCO2)S(C)(=O)=O. The fourth-order valence-corrected chi connectivity index (χ4v) is 3.84. The van der Waals surface area contributed by atoms with Crippen LogP contribution in [-0.2, 0) is 21.4 Å². The van der Waals surface area contributed by atoms with Crippen LogP contribution in [0.2, 0.25) is 0 Å². The lowest BCUT2D eigenvalue weighted by atomic mass is 10.2. The first-order valence-corrected chi connectivity index (χ1v) is 10.4. The van der Waals surface area contributed by atoms with Crippen molar-refractivity contribution in [3.63, 3.8) is 0 Å². The van der Waals surface area contributed by atoms with Crippen molar-refractivity contribution < 1.29 is 22.7 Å². The number of nitrogens with zero attached hydrogens (tertiary/aromatic N) is 1. The molecule has 0 saturated carbocycles. The molecule has 0 bridgehead atoms. The zero-order chi connectivity index (χ0) is 19.4. The predicted octanol–water partition coefficient (Wildman–Crippen LogP) is 2.20. The molecule has 1 heterocycles. The second kappa shape index (κ2) is 7.87. The second-order valence-electron chi connectivity index (χ2n) is 6.34. The lowest BCUT2D eigenvalue weighted by Crippen LogP contribution is -2.35. The molecule has 27 heavy (non-hydrogen) atoms. The molecule has 0 radical (unpaired) electrons. The van der Waals surface area contributed by atoms with Crippen LogP contribution in [0.25, 0.3) is 0 Å². The van der Waals surface area contributed by atoms with Gasteiger partial charge in [0.2, 0.25) is 22.7 Å². The number of ether oxygens (including phenoxy) is 2. The summed E-state index contributed by atoms with van der Waals surface area (Å²) in [7, 11) is -3.49. The number of nitrogens with one attached hydrogen (secondary N) is 1. The van der Waals surface area contributed by atoms with Gasteiger partial charge in [-0.25, -0.2) is 8.42 Å². The zero-order valence-electron chi connectivity index (χ0n) is 15.3. The number of amides is 1. The maximum absolute atomic E-state index is 12.2. The van der Waals surface area contributed by atoms with Crippen LogP contribution in [0, 0.1) is 6.92 Å². The Labute approximate surface area is 158 Å². The third-order valence-corrected chi connectivity index (χ3v) is 5.43. The highest BCUT2D eigenvalue weighted by Crippen LogP contribution is 2.32. The Balaban J connectivity index is 1.59. The Morgan fingerprint density at radius 2 is 1.89 bits per heavy atom. The van der Waals surface area contributed by atoms with Crippen LogP contribution < -0.4 is 19.1 Å². The Bertz CT molecular complexity index is 943. The van der Waals surface area contributed by atoms with E-state index in [1.165, 1.54) is 4.31 Å². The highest BCUT2D eigenvalue weighted by Gasteiger charge is 2.20. The van der Waals surface area contributed by atoms with E-state index in [1.807, 2.05) is 31.2 Å². The molecule has 1 aliphatic heterocycles. The summed E-state index contributed by atoms with van der Waals surface area (Å²) >= 11 is 0. The molecular formula is C19H22N2O5S. The number of carbonyl (C=O) groups is 1. The number of benzene rings is 2. The molecule has 7 nitrogen and oxygen atoms in total. The third kappa shape index (κ3) is 4.71. The predicted molar refractivity (Wildman–Crippen MR) is 102 cm³/mol. The van der Waals surface area contributed by atoms with Crippen LogP contribution in [-0.4, -0.2) is 33.9 Å². The molecule has 0 aromatic heterocycles. The maximum Gasteiger partial charge on any atom is 0.232 e. The molecule has 0 saturated heterocycles. The average molecular weight is 390 g/mol. The van der Waals surface area contributed by atoms with E-state index >= 15 is 0 Å². The largest absolute Gasteiger partial charge is 0.454 e. The molecule has 1 aliphatic rings. The molecule has 144 valence electrons. The lowest BCUT2D eigenvalue weighted by molar-refractivity contribution is -0.121. The zero-order valence-corrected chi connectivity index (χ0v) is 16.1. The molecule has 0 spiro atoms. The van der Waals surface area contributed by atoms with E-state index in [0.29, 0.717) is 23.7 Å². The van der Waals surface area contributed by atoms with Crippen molar-refractivity contribution in [1.82, 2.24) is 5.32 Å². The minimum Gasteiger partial charge on any atom is -0.454 e. The summed E-state index contributed by atoms with van der Waals surface area (Å²) < 4.78 is 36.1. The van der Waals surface area contributed by atoms with E-state index in [2.05, 4.69) is 5.32 Å². The van der Waals surface area contributed by atoms with Gasteiger partial charge in [0, 0.05) is 19.5 Å². The first-order valence-electron chi connectivity index (χ1n) is 8.53. The smallest absolute Gasteiger partial charge is 0.232 e. The molecule has 0 fully saturated rings. The van der Waals surface area contributed by atoms with Gasteiger partial charge in [0.1, 0.15) is 0 Å². The maximum atomic E-state index is 12.2. The van der Waals surface area contributed by atoms with Crippen LogP contribution in [0.5, 0.6) is 11.5 Å². The quantitative estimate of drug-likeness (QED) is 0.783. The highest BCUT2D eigenvalue weighted by molar-refractivity contribution is 7.92. The molecular weight excluding hydrogens is 368 g/mol. The Hall–Kier alpha value is -2.74. The molecule has 2 aromatic rings. The van der Waals surface area contributed by atoms with E-state index in [0.717, 1.165) is 17.4 Å². The molecule has 0 atom stereocenters. The fourth-order valence-electron chi connectivity index (χ4n) is 2.85. The molecule has 2 aromatic carbocycles. The minimum absolute atomic E-state index is 0.0615. The number of hydrogen-bond acceptors (Lipinski definition) is 5. The summed E-state index contributed by atoms with van der Waals surface area (Å²) in [4.78, 5) is 12.2. The van der Waals surface area contributed by atoms with Gasteiger partial charge >= 0.3 is 0 Å². The summed E-state index contributed by atoms with van der Waals surface area (Å²) in [6, 6.07) is 12.7. The van der Waals surface area contributed by atoms with Gasteiger partial charge < -0.3 is 14.8 Å². The number of carbonyl (C=O) groups excluding carboxylic acids is 1. The number of para-hydroxylation sites is 1. The summed E-state index contributed by atoms with van der Waals surface area (Å²) in [6.45, 7) is 2.45. The number of anilines is 1. The lowest BCUT2D eigenvalue weighted by Gasteiger charge is -2.23. The Morgan fingerprint density at radius 3 is 2.63 bits per heavy atom. The van der Waals surface area contributed by atoms with E-state index in [4.69, 9.17) is 9.47 Å². The van der Waals surface area contributed by atoms with Crippen LogP contribution >= 0.6 is 0 Å². The summed E-state index contributed by atoms with van der Waals surface area (Å²) in [5.41, 5.74) is 2.30. The number of hydrogen-bond donors (Lipinski definition) is 1. The minimum atomic E-state index is -3.49. The van der Waals surface area contributed by atoms with Gasteiger partial charge in [-0.15, -0.1) is 0 Å². The number of aryl methyl sites for hydroxylation is 1. The van der Waals surface area contributed by atoms with Crippen LogP contribution in [0.3, 0.4) is 0 Å². The number of fused-ring (bicyclic) bond motifs is 1. The van der Waals surface area contributed by atoms with Crippen LogP contribution in [0.15, 0.2) is 42.5 Å². The summed E-state index contributed by atoms with van der Waals surface area (Å²) in [5, 5.41) is 2.81. The van der Waals surface area contributed by atoms with Crippen molar-refractivity contribution in [3.8, 4) is 11.5 Å². The number of sulfonamides is 1. The Kier molecular flexibility index (Phi) is 5.55. The van der Waals surface area contributed by atoms with Crippen molar-refractivity contribution in [2.45, 2.75) is 19.9 Å². The van der Waals surface area contributed by atoms with Gasteiger partial charge in [0.15, 0.2) is 11.5 Å². The normalized spacial score (nSPS) is 12.7. The third-order valence-electron chi connectivity index (χ3n) is 4.25. The van der Waals surface area contributed by atoms with E-state index in [-0.39, 0.29) is 25.7 Å². The van der Waals surface area contributed by atoms with Crippen LogP contribution in [0.1, 0.15) is 17.5 Å². The van der Waals surface area contributed by atoms with E-state index < -0.39 is 10.0 Å². The molecule has 0 unspecified atom stereocenters. The van der Waals surface area contributed by atoms with Gasteiger partial charge in [-0.3, -0.25) is 9.10 Å². The summed E-state index contributed by atoms with van der Waals surface area (Å²) in [6.07, 6.45) is 1.20. The van der Waals surface area contributed by atoms with Crippen molar-refractivity contribution >= 4 is 21.6 Å². The van der Waals surface area contributed by atoms with Gasteiger partial charge in [0.05, 0.1) is 11.9 Å². The average Bonchev–Trinajstić information content (AvgIpc) is 3.08. The van der Waals surface area contributed by atoms with Crippen molar-refractivity contribution in [1.29, 1.82) is 0 Å². The first-order chi connectivity index (χ1) is 12.8. The van der Waals surface area contributed by atoms with Crippen molar-refractivity contribution in [3.05, 3.63) is 53.6 Å². The molecule has 1 N–H and O–H groups in total. The van der Waals surface area contributed by atoms with Crippen LogP contribution in [0.4, 0.5) is 5.69 Å². The second-order valence-corrected chi connectivity index (χ2v) is 8.24. The van der Waals surface area contributed by atoms with E-state index in [1.54, 1.807) is 18.2 Å². The molecule has 8 heteroatoms. The standard InChI is InChI=1S/C19H22N2O5S/c1-14-5-3-4-6-16(14)21(27(2,23)24)10-9-19(22)20-12-15-7-8-17-18(11-15)26-13-25-17/h3-8,11H,9-10,12-13H2,1-2H3,(H,20,22). The van der Waals surface area contributed by atoms with Crippen molar-refractivity contribution in [2.75, 3.05) is 23.9 Å². The summed E-state index contributed by atoms with van der Waals surface area (Å²) in [5.74, 6) is 1.12. The van der Waals surface area contributed by atoms with Gasteiger partial charge in [-0.1, -0.05) is 24.3 Å². The number of rotatable bonds is 7. The van der Waals surface area contributed by atoms with Crippen molar-refractivity contribution in [2.24, 2.45) is 0 Å². The topological polar surface area (TPSA) is 84.9 Å². The highest BCUT2D eigenvalue weighted by atomic mass is 32.2. The fraction of sp³-hybridized carbons (Fsp3) is 0.316. The Morgan fingerprint density at radius 1 is 1.15 bits per heavy atom. The van der Waals surface area contributed by atoms with Gasteiger partial charge in [0.25, 0.3) is 0 Å². The monoisotopic (exact) mass is 390 g/mol. The van der Waals surface area contributed by atoms with E-state index in [9.17, 15) is 13.2 Å². The first kappa shape index (κ1) is 19.0. The van der Waals surface area contributed by atoms with Gasteiger partial charge in [-0.05, 0) is 36.2 Å².